The second kappa shape index (κ2) is 12.3. The van der Waals surface area contributed by atoms with Gasteiger partial charge in [0.15, 0.2) is 0 Å². The predicted octanol–water partition coefficient (Wildman–Crippen LogP) is 3.98. The third-order valence-corrected chi connectivity index (χ3v) is 6.57. The summed E-state index contributed by atoms with van der Waals surface area (Å²) in [7, 11) is 0. The Morgan fingerprint density at radius 1 is 0.895 bits per heavy atom. The summed E-state index contributed by atoms with van der Waals surface area (Å²) < 4.78 is 14.6. The van der Waals surface area contributed by atoms with E-state index in [0.717, 1.165) is 10.5 Å². The molecule has 0 bridgehead atoms. The maximum atomic E-state index is 14.6. The van der Waals surface area contributed by atoms with Gasteiger partial charge in [0.05, 0.1) is 11.1 Å². The maximum Gasteiger partial charge on any atom is 0.261 e. The fourth-order valence-corrected chi connectivity index (χ4v) is 4.63. The van der Waals surface area contributed by atoms with Gasteiger partial charge in [-0.05, 0) is 37.1 Å². The number of fused-ring (bicyclic) bond motifs is 1. The van der Waals surface area contributed by atoms with Gasteiger partial charge in [-0.3, -0.25) is 24.1 Å². The molecule has 0 fully saturated rings. The molecule has 0 saturated heterocycles. The van der Waals surface area contributed by atoms with Crippen molar-refractivity contribution in [3.8, 4) is 0 Å². The van der Waals surface area contributed by atoms with Crippen LogP contribution in [0.1, 0.15) is 51.6 Å². The lowest BCUT2D eigenvalue weighted by Crippen LogP contribution is -2.50. The summed E-state index contributed by atoms with van der Waals surface area (Å²) in [6.07, 6.45) is 0.448. The number of rotatable bonds is 11. The second-order valence-electron chi connectivity index (χ2n) is 9.12. The molecule has 196 valence electrons. The first-order valence-electron chi connectivity index (χ1n) is 12.7. The van der Waals surface area contributed by atoms with Crippen molar-refractivity contribution in [2.24, 2.45) is 0 Å². The Bertz CT molecular complexity index is 1290. The van der Waals surface area contributed by atoms with Gasteiger partial charge in [0.2, 0.25) is 11.8 Å². The monoisotopic (exact) mass is 515 g/mol. The Labute approximate surface area is 221 Å². The summed E-state index contributed by atoms with van der Waals surface area (Å²) in [4.78, 5) is 54.7. The molecule has 0 radical (unpaired) electrons. The molecule has 0 aliphatic carbocycles. The van der Waals surface area contributed by atoms with E-state index in [1.807, 2.05) is 30.3 Å². The molecule has 4 rings (SSSR count). The smallest absolute Gasteiger partial charge is 0.261 e. The highest BCUT2D eigenvalue weighted by molar-refractivity contribution is 6.21. The summed E-state index contributed by atoms with van der Waals surface area (Å²) in [5.74, 6) is -1.93. The number of carbonyl (C=O) groups excluding carboxylic acids is 4. The van der Waals surface area contributed by atoms with E-state index < -0.39 is 11.9 Å². The van der Waals surface area contributed by atoms with Gasteiger partial charge in [-0.2, -0.15) is 0 Å². The lowest BCUT2D eigenvalue weighted by molar-refractivity contribution is -0.141. The van der Waals surface area contributed by atoms with E-state index >= 15 is 0 Å². The SMILES string of the molecule is CCNC(=O)[C@H](Cc1ccccc1)N(Cc1ccccc1F)C(=O)CCCN1C(=O)c2ccccc2C1=O. The molecule has 1 atom stereocenters. The van der Waals surface area contributed by atoms with Crippen molar-refractivity contribution in [1.82, 2.24) is 15.1 Å². The Morgan fingerprint density at radius 3 is 2.13 bits per heavy atom. The van der Waals surface area contributed by atoms with Crippen molar-refractivity contribution in [2.75, 3.05) is 13.1 Å². The number of imide groups is 1. The fourth-order valence-electron chi connectivity index (χ4n) is 4.63. The van der Waals surface area contributed by atoms with Crippen molar-refractivity contribution in [1.29, 1.82) is 0 Å². The zero-order chi connectivity index (χ0) is 27.1. The van der Waals surface area contributed by atoms with Crippen LogP contribution in [0.3, 0.4) is 0 Å². The molecule has 3 aromatic rings. The molecule has 0 spiro atoms. The average molecular weight is 516 g/mol. The van der Waals surface area contributed by atoms with Crippen LogP contribution in [-0.4, -0.2) is 52.6 Å². The van der Waals surface area contributed by atoms with Gasteiger partial charge < -0.3 is 10.2 Å². The lowest BCUT2D eigenvalue weighted by atomic mass is 10.0. The van der Waals surface area contributed by atoms with Gasteiger partial charge in [0, 0.05) is 38.0 Å². The Kier molecular flexibility index (Phi) is 8.63. The molecule has 38 heavy (non-hydrogen) atoms. The minimum Gasteiger partial charge on any atom is -0.355 e. The number of benzene rings is 3. The van der Waals surface area contributed by atoms with E-state index in [0.29, 0.717) is 23.2 Å². The van der Waals surface area contributed by atoms with Gasteiger partial charge in [0.25, 0.3) is 11.8 Å². The van der Waals surface area contributed by atoms with Gasteiger partial charge in [-0.25, -0.2) is 4.39 Å². The topological polar surface area (TPSA) is 86.8 Å². The Morgan fingerprint density at radius 2 is 1.50 bits per heavy atom. The first-order valence-corrected chi connectivity index (χ1v) is 12.7. The number of nitrogens with zero attached hydrogens (tertiary/aromatic N) is 2. The van der Waals surface area contributed by atoms with Crippen LogP contribution in [0.5, 0.6) is 0 Å². The molecule has 0 saturated carbocycles. The summed E-state index contributed by atoms with van der Waals surface area (Å²) in [5, 5.41) is 2.80. The van der Waals surface area contributed by atoms with E-state index in [4.69, 9.17) is 0 Å². The van der Waals surface area contributed by atoms with Crippen molar-refractivity contribution < 1.29 is 23.6 Å². The molecule has 7 nitrogen and oxygen atoms in total. The van der Waals surface area contributed by atoms with Gasteiger partial charge in [-0.1, -0.05) is 60.7 Å². The van der Waals surface area contributed by atoms with Crippen molar-refractivity contribution in [3.63, 3.8) is 0 Å². The minimum absolute atomic E-state index is 0.0213. The first kappa shape index (κ1) is 26.7. The summed E-state index contributed by atoms with van der Waals surface area (Å²) in [5.41, 5.74) is 1.86. The molecule has 0 unspecified atom stereocenters. The molecule has 1 aliphatic heterocycles. The largest absolute Gasteiger partial charge is 0.355 e. The van der Waals surface area contributed by atoms with Gasteiger partial charge >= 0.3 is 0 Å². The highest BCUT2D eigenvalue weighted by Gasteiger charge is 2.35. The standard InChI is InChI=1S/C30H30FN3O4/c1-2-32-28(36)26(19-21-11-4-3-5-12-21)34(20-22-13-6-9-16-25(22)31)27(35)17-10-18-33-29(37)23-14-7-8-15-24(23)30(33)38/h3-9,11-16,26H,2,10,17-20H2,1H3,(H,32,36)/t26-/m0/s1. The predicted molar refractivity (Wildman–Crippen MR) is 141 cm³/mol. The van der Waals surface area contributed by atoms with Crippen LogP contribution in [0.15, 0.2) is 78.9 Å². The van der Waals surface area contributed by atoms with Crippen LogP contribution < -0.4 is 5.32 Å². The number of carbonyl (C=O) groups is 4. The van der Waals surface area contributed by atoms with E-state index in [9.17, 15) is 23.6 Å². The molecule has 1 N–H and O–H groups in total. The number of hydrogen-bond donors (Lipinski definition) is 1. The Hall–Kier alpha value is -4.33. The van der Waals surface area contributed by atoms with Crippen LogP contribution in [0.25, 0.3) is 0 Å². The third kappa shape index (κ3) is 5.96. The van der Waals surface area contributed by atoms with Crippen LogP contribution >= 0.6 is 0 Å². The van der Waals surface area contributed by atoms with Crippen molar-refractivity contribution in [2.45, 2.75) is 38.8 Å². The number of nitrogens with one attached hydrogen (secondary N) is 1. The molecule has 4 amide bonds. The highest BCUT2D eigenvalue weighted by atomic mass is 19.1. The molecule has 0 aromatic heterocycles. The van der Waals surface area contributed by atoms with Crippen molar-refractivity contribution in [3.05, 3.63) is 107 Å². The van der Waals surface area contributed by atoms with Gasteiger partial charge in [-0.15, -0.1) is 0 Å². The van der Waals surface area contributed by atoms with E-state index in [1.165, 1.54) is 11.0 Å². The van der Waals surface area contributed by atoms with E-state index in [-0.39, 0.29) is 56.0 Å². The third-order valence-electron chi connectivity index (χ3n) is 6.57. The van der Waals surface area contributed by atoms with Crippen molar-refractivity contribution >= 4 is 23.6 Å². The minimum atomic E-state index is -0.872. The molecule has 8 heteroatoms. The number of likely N-dealkylation sites (N-methyl/N-ethyl adjacent to an activating group) is 1. The summed E-state index contributed by atoms with van der Waals surface area (Å²) >= 11 is 0. The molecular formula is C30H30FN3O4. The fraction of sp³-hybridized carbons (Fsp3) is 0.267. The Balaban J connectivity index is 1.53. The van der Waals surface area contributed by atoms with Crippen LogP contribution in [-0.2, 0) is 22.6 Å². The lowest BCUT2D eigenvalue weighted by Gasteiger charge is -2.32. The molecule has 1 aliphatic rings. The number of hydrogen-bond acceptors (Lipinski definition) is 4. The average Bonchev–Trinajstić information content (AvgIpc) is 3.17. The molecule has 3 aromatic carbocycles. The molecular weight excluding hydrogens is 485 g/mol. The normalized spacial score (nSPS) is 13.3. The van der Waals surface area contributed by atoms with Crippen LogP contribution in [0.2, 0.25) is 0 Å². The second-order valence-corrected chi connectivity index (χ2v) is 9.12. The maximum absolute atomic E-state index is 14.6. The number of halogens is 1. The zero-order valence-electron chi connectivity index (χ0n) is 21.2. The quantitative estimate of drug-likeness (QED) is 0.392. The number of amides is 4. The molecule has 1 heterocycles. The van der Waals surface area contributed by atoms with Gasteiger partial charge in [0.1, 0.15) is 11.9 Å². The highest BCUT2D eigenvalue weighted by Crippen LogP contribution is 2.23. The van der Waals surface area contributed by atoms with Crippen LogP contribution in [0.4, 0.5) is 4.39 Å². The van der Waals surface area contributed by atoms with E-state index in [2.05, 4.69) is 5.32 Å². The summed E-state index contributed by atoms with van der Waals surface area (Å²) in [6.45, 7) is 2.15. The first-order chi connectivity index (χ1) is 18.4. The summed E-state index contributed by atoms with van der Waals surface area (Å²) in [6, 6.07) is 21.2. The van der Waals surface area contributed by atoms with Crippen LogP contribution in [0, 0.1) is 5.82 Å². The van der Waals surface area contributed by atoms with E-state index in [1.54, 1.807) is 49.4 Å². The zero-order valence-corrected chi connectivity index (χ0v) is 21.2.